The van der Waals surface area contributed by atoms with Crippen molar-refractivity contribution < 1.29 is 28.7 Å². The number of thioether (sulfide) groups is 1. The fourth-order valence-corrected chi connectivity index (χ4v) is 7.88. The normalized spacial score (nSPS) is 20.0. The summed E-state index contributed by atoms with van der Waals surface area (Å²) in [5.41, 5.74) is 1.50. The Morgan fingerprint density at radius 2 is 1.86 bits per heavy atom. The van der Waals surface area contributed by atoms with E-state index in [1.165, 1.54) is 7.11 Å². The molecular formula is C31H46N4O6S. The quantitative estimate of drug-likeness (QED) is 0.468. The van der Waals surface area contributed by atoms with Crippen molar-refractivity contribution in [3.63, 3.8) is 0 Å². The number of ether oxygens (including phenoxy) is 2. The van der Waals surface area contributed by atoms with Crippen molar-refractivity contribution in [3.8, 4) is 0 Å². The van der Waals surface area contributed by atoms with Crippen molar-refractivity contribution in [1.82, 2.24) is 15.1 Å². The molecule has 2 fully saturated rings. The molecule has 1 aromatic rings. The number of hydrogen-bond acceptors (Lipinski definition) is 7. The lowest BCUT2D eigenvalue weighted by Crippen LogP contribution is -2.54. The minimum Gasteiger partial charge on any atom is -0.453 e. The van der Waals surface area contributed by atoms with Gasteiger partial charge in [0.25, 0.3) is 5.91 Å². The lowest BCUT2D eigenvalue weighted by Gasteiger charge is -2.42. The molecule has 1 N–H and O–H groups in total. The van der Waals surface area contributed by atoms with Crippen LogP contribution in [0.4, 0.5) is 15.3 Å². The predicted octanol–water partition coefficient (Wildman–Crippen LogP) is 5.35. The second-order valence-corrected chi connectivity index (χ2v) is 14.3. The fourth-order valence-electron chi connectivity index (χ4n) is 6.26. The molecule has 1 aliphatic carbocycles. The number of benzene rings is 1. The second kappa shape index (κ2) is 12.7. The number of aryl methyl sites for hydroxylation is 1. The third-order valence-electron chi connectivity index (χ3n) is 8.20. The number of carbonyl (C=O) groups excluding carboxylic acids is 4. The average molecular weight is 603 g/mol. The summed E-state index contributed by atoms with van der Waals surface area (Å²) in [6, 6.07) is 3.62. The zero-order valence-electron chi connectivity index (χ0n) is 26.1. The van der Waals surface area contributed by atoms with Crippen LogP contribution in [-0.4, -0.2) is 89.5 Å². The molecule has 1 saturated carbocycles. The second-order valence-electron chi connectivity index (χ2n) is 12.8. The van der Waals surface area contributed by atoms with Crippen LogP contribution in [0.2, 0.25) is 0 Å². The first-order chi connectivity index (χ1) is 19.8. The number of anilines is 1. The van der Waals surface area contributed by atoms with E-state index in [-0.39, 0.29) is 43.1 Å². The van der Waals surface area contributed by atoms with Gasteiger partial charge < -0.3 is 29.5 Å². The van der Waals surface area contributed by atoms with E-state index in [4.69, 9.17) is 9.47 Å². The van der Waals surface area contributed by atoms with Crippen LogP contribution in [0.1, 0.15) is 89.1 Å². The van der Waals surface area contributed by atoms with E-state index in [0.29, 0.717) is 24.3 Å². The first-order valence-corrected chi connectivity index (χ1v) is 15.9. The van der Waals surface area contributed by atoms with Gasteiger partial charge in [-0.3, -0.25) is 9.59 Å². The minimum absolute atomic E-state index is 0.0346. The number of nitrogens with zero attached hydrogens (tertiary/aromatic N) is 3. The average Bonchev–Trinajstić information content (AvgIpc) is 3.38. The van der Waals surface area contributed by atoms with Crippen molar-refractivity contribution in [3.05, 3.63) is 23.3 Å². The Morgan fingerprint density at radius 3 is 2.48 bits per heavy atom. The third-order valence-corrected chi connectivity index (χ3v) is 9.72. The molecular weight excluding hydrogens is 556 g/mol. The summed E-state index contributed by atoms with van der Waals surface area (Å²) in [4.78, 5) is 59.1. The van der Waals surface area contributed by atoms with Crippen LogP contribution >= 0.6 is 11.8 Å². The van der Waals surface area contributed by atoms with Gasteiger partial charge in [0.2, 0.25) is 5.91 Å². The highest BCUT2D eigenvalue weighted by Gasteiger charge is 2.49. The van der Waals surface area contributed by atoms with Crippen molar-refractivity contribution in [2.45, 2.75) is 107 Å². The molecule has 0 unspecified atom stereocenters. The molecule has 0 aromatic heterocycles. The smallest absolute Gasteiger partial charge is 0.410 e. The number of methoxy groups -OCH3 is 1. The molecule has 2 heterocycles. The highest BCUT2D eigenvalue weighted by Crippen LogP contribution is 2.53. The Bertz CT molecular complexity index is 1210. The molecule has 232 valence electrons. The van der Waals surface area contributed by atoms with Gasteiger partial charge in [-0.15, -0.1) is 11.8 Å². The largest absolute Gasteiger partial charge is 0.453 e. The summed E-state index contributed by atoms with van der Waals surface area (Å²) in [7, 11) is 1.31. The van der Waals surface area contributed by atoms with Crippen LogP contribution in [0, 0.1) is 6.92 Å². The monoisotopic (exact) mass is 602 g/mol. The zero-order chi connectivity index (χ0) is 30.8. The number of nitrogens with one attached hydrogen (secondary N) is 1. The minimum atomic E-state index is -0.595. The lowest BCUT2D eigenvalue weighted by molar-refractivity contribution is -0.121. The fraction of sp³-hybridized carbons (Fsp3) is 0.677. The Kier molecular flexibility index (Phi) is 9.69. The number of hydrogen-bond donors (Lipinski definition) is 1. The number of fused-ring (bicyclic) bond motifs is 1. The molecule has 11 heteroatoms. The highest BCUT2D eigenvalue weighted by atomic mass is 32.2. The maximum atomic E-state index is 14.3. The summed E-state index contributed by atoms with van der Waals surface area (Å²) in [6.07, 6.45) is 4.28. The molecule has 4 rings (SSSR count). The van der Waals surface area contributed by atoms with E-state index < -0.39 is 16.4 Å². The van der Waals surface area contributed by atoms with Crippen LogP contribution in [0.3, 0.4) is 0 Å². The maximum Gasteiger partial charge on any atom is 0.410 e. The Balaban J connectivity index is 1.64. The van der Waals surface area contributed by atoms with Crippen LogP contribution in [0.25, 0.3) is 0 Å². The zero-order valence-corrected chi connectivity index (χ0v) is 26.9. The Labute approximate surface area is 253 Å². The topological polar surface area (TPSA) is 108 Å². The molecule has 42 heavy (non-hydrogen) atoms. The number of likely N-dealkylation sites (tertiary alicyclic amines) is 1. The van der Waals surface area contributed by atoms with Gasteiger partial charge in [-0.25, -0.2) is 9.59 Å². The SMILES string of the molecule is COC(=O)NCCN1C(=O)C2(CCCC2)Sc2cc(C)c(C(=O)N(C(C)C)[C@@H]3CCCN(C(=O)OC(C)(C)C)C3)cc21. The Morgan fingerprint density at radius 1 is 1.17 bits per heavy atom. The van der Waals surface area contributed by atoms with Gasteiger partial charge >= 0.3 is 12.2 Å². The Hall–Kier alpha value is -2.95. The van der Waals surface area contributed by atoms with Gasteiger partial charge in [0.05, 0.1) is 23.6 Å². The molecule has 4 amide bonds. The molecule has 1 atom stereocenters. The van der Waals surface area contributed by atoms with Gasteiger partial charge in [0.15, 0.2) is 0 Å². The van der Waals surface area contributed by atoms with Crippen LogP contribution < -0.4 is 10.2 Å². The molecule has 3 aliphatic rings. The predicted molar refractivity (Wildman–Crippen MR) is 163 cm³/mol. The molecule has 1 aromatic carbocycles. The summed E-state index contributed by atoms with van der Waals surface area (Å²) >= 11 is 1.62. The molecule has 1 spiro atoms. The first kappa shape index (κ1) is 32.0. The van der Waals surface area contributed by atoms with Crippen LogP contribution in [0.15, 0.2) is 17.0 Å². The summed E-state index contributed by atoms with van der Waals surface area (Å²) in [5.74, 6) is -0.0833. The van der Waals surface area contributed by atoms with Crippen molar-refractivity contribution >= 4 is 41.5 Å². The van der Waals surface area contributed by atoms with E-state index in [0.717, 1.165) is 49.0 Å². The standard InChI is InChI=1S/C31H46N4O6S/c1-20(2)35(22-11-10-15-33(19-22)29(39)41-30(4,5)6)26(36)23-18-24-25(17-21(23)3)42-31(12-8-9-13-31)27(37)34(24)16-14-32-28(38)40-7/h17-18,20,22H,8-16,19H2,1-7H3,(H,32,38)/t22-/m1/s1. The van der Waals surface area contributed by atoms with Gasteiger partial charge in [0.1, 0.15) is 5.60 Å². The van der Waals surface area contributed by atoms with E-state index in [2.05, 4.69) is 5.32 Å². The summed E-state index contributed by atoms with van der Waals surface area (Å²) < 4.78 is 9.82. The maximum absolute atomic E-state index is 14.3. The van der Waals surface area contributed by atoms with E-state index in [1.54, 1.807) is 21.6 Å². The molecule has 0 radical (unpaired) electrons. The molecule has 2 aliphatic heterocycles. The number of carbonyl (C=O) groups is 4. The van der Waals surface area contributed by atoms with E-state index in [9.17, 15) is 19.2 Å². The lowest BCUT2D eigenvalue weighted by atomic mass is 9.98. The van der Waals surface area contributed by atoms with Crippen molar-refractivity contribution in [2.75, 3.05) is 38.2 Å². The number of piperidine rings is 1. The van der Waals surface area contributed by atoms with Gasteiger partial charge in [0, 0.05) is 42.7 Å². The van der Waals surface area contributed by atoms with Crippen molar-refractivity contribution in [2.24, 2.45) is 0 Å². The molecule has 1 saturated heterocycles. The van der Waals surface area contributed by atoms with Crippen molar-refractivity contribution in [1.29, 1.82) is 0 Å². The number of alkyl carbamates (subject to hydrolysis) is 1. The number of rotatable bonds is 6. The van der Waals surface area contributed by atoms with Crippen LogP contribution in [0.5, 0.6) is 0 Å². The van der Waals surface area contributed by atoms with Gasteiger partial charge in [-0.1, -0.05) is 12.8 Å². The summed E-state index contributed by atoms with van der Waals surface area (Å²) in [6.45, 7) is 13.0. The first-order valence-electron chi connectivity index (χ1n) is 15.0. The molecule has 0 bridgehead atoms. The third kappa shape index (κ3) is 6.82. The summed E-state index contributed by atoms with van der Waals surface area (Å²) in [5, 5.41) is 2.68. The highest BCUT2D eigenvalue weighted by molar-refractivity contribution is 8.01. The van der Waals surface area contributed by atoms with E-state index in [1.807, 2.05) is 58.6 Å². The van der Waals surface area contributed by atoms with Crippen LogP contribution in [-0.2, 0) is 14.3 Å². The van der Waals surface area contributed by atoms with Gasteiger partial charge in [-0.2, -0.15) is 0 Å². The molecule has 10 nitrogen and oxygen atoms in total. The van der Waals surface area contributed by atoms with Gasteiger partial charge in [-0.05, 0) is 84.9 Å². The van der Waals surface area contributed by atoms with E-state index >= 15 is 0 Å². The number of amides is 4.